The molecule has 1 aromatic heterocycles. The Kier molecular flexibility index (Phi) is 7.80. The second-order valence-electron chi connectivity index (χ2n) is 18.4. The van der Waals surface area contributed by atoms with Gasteiger partial charge in [-0.05, 0) is 117 Å². The molecule has 0 saturated carbocycles. The molecule has 0 amide bonds. The van der Waals surface area contributed by atoms with Gasteiger partial charge in [-0.15, -0.1) is 0 Å². The van der Waals surface area contributed by atoms with Crippen LogP contribution in [0.25, 0.3) is 49.4 Å². The number of nitrogens with zero attached hydrogens (tertiary/aromatic N) is 3. The summed E-state index contributed by atoms with van der Waals surface area (Å²) < 4.78 is 9.94. The summed E-state index contributed by atoms with van der Waals surface area (Å²) in [4.78, 5) is 4.77. The predicted molar refractivity (Wildman–Crippen MR) is 276 cm³/mol. The Bertz CT molecular complexity index is 3690. The molecule has 0 saturated heterocycles. The van der Waals surface area contributed by atoms with E-state index in [0.29, 0.717) is 0 Å². The van der Waals surface area contributed by atoms with E-state index in [1.54, 1.807) is 0 Å². The van der Waals surface area contributed by atoms with E-state index < -0.39 is 0 Å². The molecular formula is C61H42BN3O. The molecule has 3 heterocycles. The van der Waals surface area contributed by atoms with Crippen LogP contribution in [-0.4, -0.2) is 11.3 Å². The van der Waals surface area contributed by atoms with Gasteiger partial charge >= 0.3 is 0 Å². The topological polar surface area (TPSA) is 20.6 Å². The molecule has 4 nitrogen and oxygen atoms in total. The summed E-state index contributed by atoms with van der Waals surface area (Å²) in [5.41, 5.74) is 18.8. The average Bonchev–Trinajstić information content (AvgIpc) is 3.82. The Morgan fingerprint density at radius 2 is 1.00 bits per heavy atom. The second-order valence-corrected chi connectivity index (χ2v) is 18.4. The minimum atomic E-state index is -0.314. The summed E-state index contributed by atoms with van der Waals surface area (Å²) in [6.07, 6.45) is 0. The molecule has 11 aromatic rings. The van der Waals surface area contributed by atoms with Crippen LogP contribution < -0.4 is 30.9 Å². The molecular weight excluding hydrogens is 802 g/mol. The number of para-hydroxylation sites is 6. The standard InChI is InChI=1S/C61H42BN3O/c1-61(2)49-37-52-56(36-48(49)58-46-30-16-15-28-44(46)54(38-50(58)61)64(41-24-11-5-12-25-41)42-26-13-6-14-27-42)66-57-35-43(63(39-20-7-3-8-21-39)40-22-9-4-10-23-40)34-55-59(57)62(52)51-32-19-31-47-45-29-17-18-33-53(45)65(55)60(47)51/h3-38H,1-2H3. The van der Waals surface area contributed by atoms with Crippen LogP contribution in [0.5, 0.6) is 11.5 Å². The number of anilines is 6. The Labute approximate surface area is 384 Å². The first kappa shape index (κ1) is 37.1. The molecule has 2 aliphatic heterocycles. The fourth-order valence-electron chi connectivity index (χ4n) is 11.7. The second kappa shape index (κ2) is 13.9. The zero-order chi connectivity index (χ0) is 43.7. The Morgan fingerprint density at radius 3 is 1.65 bits per heavy atom. The van der Waals surface area contributed by atoms with E-state index in [9.17, 15) is 0 Å². The maximum Gasteiger partial charge on any atom is 0.256 e. The number of rotatable bonds is 6. The van der Waals surface area contributed by atoms with Gasteiger partial charge in [0.05, 0.1) is 16.9 Å². The van der Waals surface area contributed by atoms with Crippen LogP contribution in [0.1, 0.15) is 25.0 Å². The predicted octanol–water partition coefficient (Wildman–Crippen LogP) is 14.1. The molecule has 0 radical (unpaired) electrons. The highest BCUT2D eigenvalue weighted by atomic mass is 16.5. The van der Waals surface area contributed by atoms with E-state index >= 15 is 0 Å². The molecule has 1 aliphatic carbocycles. The van der Waals surface area contributed by atoms with Crippen LogP contribution in [-0.2, 0) is 5.41 Å². The van der Waals surface area contributed by atoms with Crippen molar-refractivity contribution in [2.24, 2.45) is 0 Å². The van der Waals surface area contributed by atoms with Crippen LogP contribution in [0.3, 0.4) is 0 Å². The third-order valence-electron chi connectivity index (χ3n) is 14.5. The van der Waals surface area contributed by atoms with Crippen molar-refractivity contribution in [3.8, 4) is 28.3 Å². The molecule has 14 rings (SSSR count). The van der Waals surface area contributed by atoms with Crippen molar-refractivity contribution >= 4 is 89.8 Å². The molecule has 66 heavy (non-hydrogen) atoms. The SMILES string of the molecule is CC1(C)c2cc3c(cc2-c2c1cc(N(c1ccccc1)c1ccccc1)c1ccccc21)Oc1cc(N(c2ccccc2)c2ccccc2)cc2c1B3c1cccc3c4ccccc4n-2c13. The molecule has 5 heteroatoms. The number of aromatic nitrogens is 1. The Hall–Kier alpha value is -8.28. The number of fused-ring (bicyclic) bond motifs is 12. The van der Waals surface area contributed by atoms with Crippen molar-refractivity contribution in [2.45, 2.75) is 19.3 Å². The van der Waals surface area contributed by atoms with Crippen molar-refractivity contribution in [1.82, 2.24) is 4.57 Å². The van der Waals surface area contributed by atoms with Crippen LogP contribution in [0.4, 0.5) is 34.1 Å². The summed E-state index contributed by atoms with van der Waals surface area (Å²) in [7, 11) is 0. The van der Waals surface area contributed by atoms with Crippen LogP contribution >= 0.6 is 0 Å². The largest absolute Gasteiger partial charge is 0.458 e. The van der Waals surface area contributed by atoms with E-state index in [1.165, 1.54) is 76.9 Å². The van der Waals surface area contributed by atoms with Gasteiger partial charge in [-0.2, -0.15) is 0 Å². The van der Waals surface area contributed by atoms with Crippen molar-refractivity contribution in [1.29, 1.82) is 0 Å². The quantitative estimate of drug-likeness (QED) is 0.156. The smallest absolute Gasteiger partial charge is 0.256 e. The first-order valence-corrected chi connectivity index (χ1v) is 23.0. The summed E-state index contributed by atoms with van der Waals surface area (Å²) in [6, 6.07) is 79.7. The van der Waals surface area contributed by atoms with E-state index in [1.807, 2.05) is 0 Å². The Balaban J connectivity index is 1.03. The normalized spacial score (nSPS) is 13.5. The lowest BCUT2D eigenvalue weighted by atomic mass is 9.34. The highest BCUT2D eigenvalue weighted by molar-refractivity contribution is 6.99. The Morgan fingerprint density at radius 1 is 0.439 bits per heavy atom. The van der Waals surface area contributed by atoms with E-state index in [0.717, 1.165) is 45.6 Å². The average molecular weight is 844 g/mol. The number of hydrogen-bond donors (Lipinski definition) is 0. The van der Waals surface area contributed by atoms with Gasteiger partial charge in [0.25, 0.3) is 6.71 Å². The van der Waals surface area contributed by atoms with Gasteiger partial charge < -0.3 is 19.1 Å². The molecule has 0 N–H and O–H groups in total. The summed E-state index contributed by atoms with van der Waals surface area (Å²) in [5.74, 6) is 1.80. The van der Waals surface area contributed by atoms with Crippen molar-refractivity contribution in [3.05, 3.63) is 230 Å². The highest BCUT2D eigenvalue weighted by Gasteiger charge is 2.45. The number of hydrogen-bond acceptors (Lipinski definition) is 3. The zero-order valence-corrected chi connectivity index (χ0v) is 36.6. The summed E-state index contributed by atoms with van der Waals surface area (Å²) in [5, 5.41) is 4.97. The third kappa shape index (κ3) is 5.17. The lowest BCUT2D eigenvalue weighted by Crippen LogP contribution is -2.58. The van der Waals surface area contributed by atoms with Gasteiger partial charge in [0, 0.05) is 61.6 Å². The lowest BCUT2D eigenvalue weighted by Gasteiger charge is -2.36. The maximum atomic E-state index is 7.44. The first-order valence-electron chi connectivity index (χ1n) is 23.0. The van der Waals surface area contributed by atoms with Gasteiger partial charge in [-0.3, -0.25) is 0 Å². The van der Waals surface area contributed by atoms with E-state index in [2.05, 4.69) is 247 Å². The molecule has 0 unspecified atom stereocenters. The van der Waals surface area contributed by atoms with Crippen LogP contribution in [0, 0.1) is 0 Å². The minimum absolute atomic E-state index is 0.0426. The maximum absolute atomic E-state index is 7.44. The zero-order valence-electron chi connectivity index (χ0n) is 36.6. The monoisotopic (exact) mass is 843 g/mol. The molecule has 0 spiro atoms. The van der Waals surface area contributed by atoms with Gasteiger partial charge in [0.15, 0.2) is 0 Å². The highest BCUT2D eigenvalue weighted by Crippen LogP contribution is 2.56. The molecule has 310 valence electrons. The van der Waals surface area contributed by atoms with E-state index in [4.69, 9.17) is 4.74 Å². The lowest BCUT2D eigenvalue weighted by molar-refractivity contribution is 0.487. The van der Waals surface area contributed by atoms with Crippen molar-refractivity contribution in [2.75, 3.05) is 9.80 Å². The van der Waals surface area contributed by atoms with Gasteiger partial charge in [-0.25, -0.2) is 0 Å². The number of benzene rings is 10. The molecule has 10 aromatic carbocycles. The third-order valence-corrected chi connectivity index (χ3v) is 14.5. The van der Waals surface area contributed by atoms with Crippen molar-refractivity contribution < 1.29 is 4.74 Å². The molecule has 0 bridgehead atoms. The van der Waals surface area contributed by atoms with Gasteiger partial charge in [-0.1, -0.05) is 153 Å². The fourth-order valence-corrected chi connectivity index (χ4v) is 11.7. The minimum Gasteiger partial charge on any atom is -0.458 e. The van der Waals surface area contributed by atoms with Crippen molar-refractivity contribution in [3.63, 3.8) is 0 Å². The first-order chi connectivity index (χ1) is 32.5. The van der Waals surface area contributed by atoms with Gasteiger partial charge in [0.1, 0.15) is 11.5 Å². The van der Waals surface area contributed by atoms with Gasteiger partial charge in [0.2, 0.25) is 0 Å². The van der Waals surface area contributed by atoms with E-state index in [-0.39, 0.29) is 12.1 Å². The van der Waals surface area contributed by atoms with Crippen LogP contribution in [0.2, 0.25) is 0 Å². The number of ether oxygens (including phenoxy) is 1. The molecule has 0 fully saturated rings. The molecule has 3 aliphatic rings. The van der Waals surface area contributed by atoms with Crippen LogP contribution in [0.15, 0.2) is 218 Å². The fraction of sp³-hybridized carbons (Fsp3) is 0.0492. The summed E-state index contributed by atoms with van der Waals surface area (Å²) >= 11 is 0. The summed E-state index contributed by atoms with van der Waals surface area (Å²) in [6.45, 7) is 4.78. The molecule has 0 atom stereocenters.